The molecular weight excluding hydrogens is 635 g/mol. The standard InChI is InChI=1S/C42H39BN4O4/c1-39(2)41(5,6)50-37(46-39)30-18-14-26(22-44-30)24-12-16-28-34(20-24)48-32-10-9-11-33-36(32)43(28)29-17-13-25(21-35(29)49-33)27-15-19-31(45-23-27)38-47-40(3,4)42(7,8)51-38/h9-23H,1-8H3. The van der Waals surface area contributed by atoms with Crippen LogP contribution in [0.4, 0.5) is 0 Å². The molecule has 0 saturated heterocycles. The minimum atomic E-state index is -0.405. The monoisotopic (exact) mass is 674 g/mol. The van der Waals surface area contributed by atoms with Crippen LogP contribution in [0.1, 0.15) is 66.8 Å². The number of aromatic nitrogens is 2. The molecule has 5 aromatic rings. The summed E-state index contributed by atoms with van der Waals surface area (Å²) in [6, 6.07) is 26.9. The topological polar surface area (TPSA) is 87.4 Å². The molecule has 4 aliphatic rings. The van der Waals surface area contributed by atoms with Crippen LogP contribution in [-0.4, -0.2) is 50.8 Å². The molecule has 2 aromatic heterocycles. The number of benzene rings is 3. The Bertz CT molecular complexity index is 2170. The van der Waals surface area contributed by atoms with Gasteiger partial charge in [-0.15, -0.1) is 0 Å². The van der Waals surface area contributed by atoms with E-state index in [2.05, 4.69) is 104 Å². The molecule has 0 fully saturated rings. The van der Waals surface area contributed by atoms with Gasteiger partial charge in [-0.25, -0.2) is 9.98 Å². The second kappa shape index (κ2) is 10.5. The number of aliphatic imine (C=N–C) groups is 2. The predicted molar refractivity (Wildman–Crippen MR) is 202 cm³/mol. The van der Waals surface area contributed by atoms with Crippen molar-refractivity contribution in [3.05, 3.63) is 103 Å². The molecule has 8 nitrogen and oxygen atoms in total. The van der Waals surface area contributed by atoms with Crippen LogP contribution in [0.3, 0.4) is 0 Å². The fraction of sp³-hybridized carbons (Fsp3) is 0.286. The molecule has 0 aliphatic carbocycles. The first-order valence-electron chi connectivity index (χ1n) is 17.5. The van der Waals surface area contributed by atoms with E-state index in [-0.39, 0.29) is 17.8 Å². The summed E-state index contributed by atoms with van der Waals surface area (Å²) in [6.45, 7) is 16.5. The maximum atomic E-state index is 6.56. The van der Waals surface area contributed by atoms with Crippen molar-refractivity contribution in [2.24, 2.45) is 9.98 Å². The lowest BCUT2D eigenvalue weighted by molar-refractivity contribution is 0.0616. The van der Waals surface area contributed by atoms with Gasteiger partial charge >= 0.3 is 0 Å². The Hall–Kier alpha value is -5.44. The highest BCUT2D eigenvalue weighted by molar-refractivity contribution is 6.98. The molecule has 0 bridgehead atoms. The van der Waals surface area contributed by atoms with Gasteiger partial charge in [0.25, 0.3) is 6.71 Å². The fourth-order valence-corrected chi connectivity index (χ4v) is 6.94. The number of pyridine rings is 2. The van der Waals surface area contributed by atoms with Crippen molar-refractivity contribution >= 4 is 34.9 Å². The Morgan fingerprint density at radius 1 is 0.490 bits per heavy atom. The van der Waals surface area contributed by atoms with Crippen molar-refractivity contribution in [3.63, 3.8) is 0 Å². The minimum Gasteiger partial charge on any atom is -0.468 e. The Morgan fingerprint density at radius 2 is 0.922 bits per heavy atom. The lowest BCUT2D eigenvalue weighted by Crippen LogP contribution is -2.57. The number of nitrogens with zero attached hydrogens (tertiary/aromatic N) is 4. The summed E-state index contributed by atoms with van der Waals surface area (Å²) in [5, 5.41) is 0. The van der Waals surface area contributed by atoms with Gasteiger partial charge in [-0.2, -0.15) is 0 Å². The Labute approximate surface area is 298 Å². The molecule has 0 saturated carbocycles. The van der Waals surface area contributed by atoms with Crippen LogP contribution < -0.4 is 25.9 Å². The molecule has 0 radical (unpaired) electrons. The van der Waals surface area contributed by atoms with Crippen LogP contribution in [0, 0.1) is 0 Å². The predicted octanol–water partition coefficient (Wildman–Crippen LogP) is 7.21. The summed E-state index contributed by atoms with van der Waals surface area (Å²) in [6.07, 6.45) is 3.75. The van der Waals surface area contributed by atoms with Gasteiger partial charge in [-0.3, -0.25) is 9.97 Å². The van der Waals surface area contributed by atoms with E-state index < -0.39 is 11.2 Å². The van der Waals surface area contributed by atoms with Crippen LogP contribution >= 0.6 is 0 Å². The maximum Gasteiger partial charge on any atom is 0.260 e. The second-order valence-electron chi connectivity index (χ2n) is 15.9. The molecule has 0 spiro atoms. The van der Waals surface area contributed by atoms with Crippen molar-refractivity contribution in [1.29, 1.82) is 0 Å². The van der Waals surface area contributed by atoms with E-state index in [9.17, 15) is 0 Å². The van der Waals surface area contributed by atoms with Crippen molar-refractivity contribution in [2.75, 3.05) is 0 Å². The summed E-state index contributed by atoms with van der Waals surface area (Å²) in [5.74, 6) is 4.39. The largest absolute Gasteiger partial charge is 0.468 e. The zero-order valence-corrected chi connectivity index (χ0v) is 30.2. The van der Waals surface area contributed by atoms with Crippen LogP contribution in [0.25, 0.3) is 22.3 Å². The van der Waals surface area contributed by atoms with E-state index in [0.717, 1.165) is 73.0 Å². The van der Waals surface area contributed by atoms with E-state index in [1.165, 1.54) is 0 Å². The third kappa shape index (κ3) is 4.88. The molecular formula is C42H39BN4O4. The summed E-state index contributed by atoms with van der Waals surface area (Å²) < 4.78 is 25.5. The number of hydrogen-bond donors (Lipinski definition) is 0. The summed E-state index contributed by atoms with van der Waals surface area (Å²) in [5.41, 5.74) is 7.19. The summed E-state index contributed by atoms with van der Waals surface area (Å²) in [4.78, 5) is 19.1. The first-order valence-corrected chi connectivity index (χ1v) is 17.5. The van der Waals surface area contributed by atoms with Gasteiger partial charge in [0, 0.05) is 29.0 Å². The smallest absolute Gasteiger partial charge is 0.260 e. The molecule has 9 heteroatoms. The van der Waals surface area contributed by atoms with E-state index in [1.807, 2.05) is 42.7 Å². The zero-order chi connectivity index (χ0) is 35.5. The molecule has 6 heterocycles. The molecule has 0 atom stereocenters. The van der Waals surface area contributed by atoms with E-state index in [1.54, 1.807) is 0 Å². The van der Waals surface area contributed by atoms with Crippen molar-refractivity contribution < 1.29 is 18.9 Å². The number of fused-ring (bicyclic) bond motifs is 4. The molecule has 0 amide bonds. The summed E-state index contributed by atoms with van der Waals surface area (Å²) >= 11 is 0. The fourth-order valence-electron chi connectivity index (χ4n) is 6.94. The van der Waals surface area contributed by atoms with Gasteiger partial charge in [0.1, 0.15) is 45.6 Å². The number of rotatable bonds is 4. The Balaban J connectivity index is 1.02. The van der Waals surface area contributed by atoms with Gasteiger partial charge in [-0.05, 0) is 114 Å². The highest BCUT2D eigenvalue weighted by Gasteiger charge is 2.47. The lowest BCUT2D eigenvalue weighted by Gasteiger charge is -2.33. The van der Waals surface area contributed by atoms with Crippen LogP contribution in [0.5, 0.6) is 23.0 Å². The third-order valence-electron chi connectivity index (χ3n) is 11.4. The van der Waals surface area contributed by atoms with Crippen molar-refractivity contribution in [3.8, 4) is 45.3 Å². The Morgan fingerprint density at radius 3 is 1.29 bits per heavy atom. The van der Waals surface area contributed by atoms with E-state index in [0.29, 0.717) is 11.8 Å². The minimum absolute atomic E-state index is 0.0405. The van der Waals surface area contributed by atoms with E-state index >= 15 is 0 Å². The molecule has 3 aromatic carbocycles. The maximum absolute atomic E-state index is 6.56. The highest BCUT2D eigenvalue weighted by atomic mass is 16.5. The quantitative estimate of drug-likeness (QED) is 0.184. The first kappa shape index (κ1) is 31.5. The third-order valence-corrected chi connectivity index (χ3v) is 11.4. The van der Waals surface area contributed by atoms with Gasteiger partial charge in [0.15, 0.2) is 0 Å². The number of ether oxygens (including phenoxy) is 4. The van der Waals surface area contributed by atoms with Gasteiger partial charge in [-0.1, -0.05) is 42.5 Å². The average Bonchev–Trinajstić information content (AvgIpc) is 3.47. The Kier molecular flexibility index (Phi) is 6.52. The van der Waals surface area contributed by atoms with E-state index in [4.69, 9.17) is 38.9 Å². The zero-order valence-electron chi connectivity index (χ0n) is 30.2. The molecule has 254 valence electrons. The highest BCUT2D eigenvalue weighted by Crippen LogP contribution is 2.39. The lowest BCUT2D eigenvalue weighted by atomic mass is 9.35. The molecule has 9 rings (SSSR count). The average molecular weight is 675 g/mol. The SMILES string of the molecule is CC1(C)N=C(c2ccc(-c3ccc4c(c3)Oc3cccc5c3B4c3ccc(-c4ccc(C6=NC(C)(C)C(C)(C)O6)nc4)cc3O5)cn2)OC1(C)C. The number of hydrogen-bond acceptors (Lipinski definition) is 8. The van der Waals surface area contributed by atoms with Gasteiger partial charge in [0.05, 0.1) is 11.1 Å². The first-order chi connectivity index (χ1) is 24.2. The van der Waals surface area contributed by atoms with Crippen LogP contribution in [-0.2, 0) is 9.47 Å². The molecule has 4 aliphatic heterocycles. The van der Waals surface area contributed by atoms with Gasteiger partial charge < -0.3 is 18.9 Å². The summed E-state index contributed by atoms with van der Waals surface area (Å²) in [7, 11) is 0. The van der Waals surface area contributed by atoms with Crippen molar-refractivity contribution in [2.45, 2.75) is 77.7 Å². The second-order valence-corrected chi connectivity index (χ2v) is 15.9. The molecule has 0 unspecified atom stereocenters. The van der Waals surface area contributed by atoms with Crippen molar-refractivity contribution in [1.82, 2.24) is 9.97 Å². The molecule has 51 heavy (non-hydrogen) atoms. The molecule has 0 N–H and O–H groups in total. The normalized spacial score (nSPS) is 19.3. The van der Waals surface area contributed by atoms with Gasteiger partial charge in [0.2, 0.25) is 11.8 Å². The van der Waals surface area contributed by atoms with Crippen LogP contribution in [0.15, 0.2) is 101 Å². The van der Waals surface area contributed by atoms with Crippen LogP contribution in [0.2, 0.25) is 0 Å².